The number of ketones is 1. The number of Topliss-reactive ketones (excluding diaryl/α,β-unsaturated/α-hetero) is 1. The predicted molar refractivity (Wildman–Crippen MR) is 99.3 cm³/mol. The van der Waals surface area contributed by atoms with Gasteiger partial charge in [-0.2, -0.15) is 0 Å². The van der Waals surface area contributed by atoms with E-state index in [0.717, 1.165) is 17.7 Å². The van der Waals surface area contributed by atoms with Gasteiger partial charge in [-0.3, -0.25) is 9.59 Å². The molecular weight excluding hydrogens is 389 g/mol. The number of sulfonamides is 1. The molecule has 7 nitrogen and oxygen atoms in total. The van der Waals surface area contributed by atoms with Crippen molar-refractivity contribution < 1.29 is 31.9 Å². The molecule has 0 atom stereocenters. The van der Waals surface area contributed by atoms with Gasteiger partial charge in [0.05, 0.1) is 17.6 Å². The molecule has 0 saturated carbocycles. The van der Waals surface area contributed by atoms with Crippen LogP contribution in [0.3, 0.4) is 0 Å². The Morgan fingerprint density at radius 2 is 1.79 bits per heavy atom. The number of esters is 1. The van der Waals surface area contributed by atoms with Crippen molar-refractivity contribution in [3.63, 3.8) is 0 Å². The van der Waals surface area contributed by atoms with Crippen LogP contribution in [-0.2, 0) is 26.0 Å². The Balaban J connectivity index is 1.88. The Bertz CT molecular complexity index is 957. The van der Waals surface area contributed by atoms with Gasteiger partial charge in [-0.1, -0.05) is 12.1 Å². The van der Waals surface area contributed by atoms with Crippen LogP contribution in [0.5, 0.6) is 5.75 Å². The molecule has 0 saturated heterocycles. The molecule has 0 aliphatic heterocycles. The van der Waals surface area contributed by atoms with E-state index in [0.29, 0.717) is 6.42 Å². The van der Waals surface area contributed by atoms with Crippen LogP contribution in [0.4, 0.5) is 4.39 Å². The molecule has 0 unspecified atom stereocenters. The van der Waals surface area contributed by atoms with E-state index in [1.807, 2.05) is 0 Å². The maximum atomic E-state index is 13.3. The number of ether oxygens (including phenoxy) is 2. The summed E-state index contributed by atoms with van der Waals surface area (Å²) in [5, 5.41) is 0. The minimum Gasteiger partial charge on any atom is -0.496 e. The van der Waals surface area contributed by atoms with Gasteiger partial charge in [0, 0.05) is 6.42 Å². The van der Waals surface area contributed by atoms with Gasteiger partial charge in [-0.05, 0) is 49.4 Å². The highest BCUT2D eigenvalue weighted by Gasteiger charge is 2.16. The second-order valence-corrected chi connectivity index (χ2v) is 7.67. The molecule has 0 spiro atoms. The maximum Gasteiger partial charge on any atom is 0.306 e. The molecule has 0 fully saturated rings. The Morgan fingerprint density at radius 3 is 2.39 bits per heavy atom. The van der Waals surface area contributed by atoms with Gasteiger partial charge in [-0.15, -0.1) is 0 Å². The van der Waals surface area contributed by atoms with Crippen LogP contribution in [0.2, 0.25) is 0 Å². The summed E-state index contributed by atoms with van der Waals surface area (Å²) in [6.07, 6.45) is 0.321. The van der Waals surface area contributed by atoms with E-state index in [9.17, 15) is 22.4 Å². The maximum absolute atomic E-state index is 13.3. The Hall–Kier alpha value is -2.78. The number of benzene rings is 2. The zero-order valence-corrected chi connectivity index (χ0v) is 16.2. The molecule has 2 aromatic carbocycles. The van der Waals surface area contributed by atoms with Gasteiger partial charge in [-0.25, -0.2) is 17.5 Å². The fraction of sp³-hybridized carbons (Fsp3) is 0.263. The van der Waals surface area contributed by atoms with Crippen LogP contribution < -0.4 is 9.46 Å². The third kappa shape index (κ3) is 5.61. The van der Waals surface area contributed by atoms with E-state index in [-0.39, 0.29) is 22.6 Å². The van der Waals surface area contributed by atoms with Crippen molar-refractivity contribution in [2.24, 2.45) is 0 Å². The zero-order valence-electron chi connectivity index (χ0n) is 15.4. The average molecular weight is 409 g/mol. The largest absolute Gasteiger partial charge is 0.496 e. The molecule has 2 aromatic rings. The summed E-state index contributed by atoms with van der Waals surface area (Å²) in [7, 11) is -0.846. The van der Waals surface area contributed by atoms with Gasteiger partial charge in [0.15, 0.2) is 6.61 Å². The highest BCUT2D eigenvalue weighted by atomic mass is 32.2. The number of nitrogens with one attached hydrogen (secondary N) is 1. The fourth-order valence-electron chi connectivity index (χ4n) is 2.39. The van der Waals surface area contributed by atoms with E-state index in [4.69, 9.17) is 9.47 Å². The molecule has 2 rings (SSSR count). The summed E-state index contributed by atoms with van der Waals surface area (Å²) < 4.78 is 48.8. The van der Waals surface area contributed by atoms with Crippen LogP contribution in [-0.4, -0.2) is 40.9 Å². The summed E-state index contributed by atoms with van der Waals surface area (Å²) in [6.45, 7) is -0.530. The quantitative estimate of drug-likeness (QED) is 0.503. The van der Waals surface area contributed by atoms with Crippen LogP contribution in [0.1, 0.15) is 22.3 Å². The van der Waals surface area contributed by atoms with E-state index >= 15 is 0 Å². The zero-order chi connectivity index (χ0) is 20.7. The number of rotatable bonds is 9. The van der Waals surface area contributed by atoms with Crippen molar-refractivity contribution in [2.75, 3.05) is 20.8 Å². The Kier molecular flexibility index (Phi) is 7.24. The molecule has 150 valence electrons. The normalized spacial score (nSPS) is 11.1. The van der Waals surface area contributed by atoms with E-state index in [1.54, 1.807) is 12.1 Å². The summed E-state index contributed by atoms with van der Waals surface area (Å²) in [4.78, 5) is 24.1. The van der Waals surface area contributed by atoms with Gasteiger partial charge in [0.25, 0.3) is 0 Å². The highest BCUT2D eigenvalue weighted by molar-refractivity contribution is 7.89. The topological polar surface area (TPSA) is 98.8 Å². The molecule has 0 amide bonds. The van der Waals surface area contributed by atoms with Crippen LogP contribution >= 0.6 is 0 Å². The lowest BCUT2D eigenvalue weighted by molar-refractivity contribution is -0.142. The first-order chi connectivity index (χ1) is 13.3. The minimum atomic E-state index is -3.52. The molecule has 0 aliphatic carbocycles. The SMILES string of the molecule is CNS(=O)(=O)c1ccc(CCC(=O)OCC(=O)c2cc(F)ccc2OC)cc1. The number of carbonyl (C=O) groups excluding carboxylic acids is 2. The van der Waals surface area contributed by atoms with Crippen LogP contribution in [0.15, 0.2) is 47.4 Å². The summed E-state index contributed by atoms with van der Waals surface area (Å²) in [5.74, 6) is -1.58. The number of carbonyl (C=O) groups is 2. The van der Waals surface area contributed by atoms with Crippen LogP contribution in [0, 0.1) is 5.82 Å². The highest BCUT2D eigenvalue weighted by Crippen LogP contribution is 2.20. The van der Waals surface area contributed by atoms with Crippen molar-refractivity contribution in [1.29, 1.82) is 0 Å². The van der Waals surface area contributed by atoms with Crippen molar-refractivity contribution in [3.8, 4) is 5.75 Å². The third-order valence-electron chi connectivity index (χ3n) is 3.95. The molecule has 0 bridgehead atoms. The number of hydrogen-bond acceptors (Lipinski definition) is 6. The molecule has 0 heterocycles. The number of methoxy groups -OCH3 is 1. The summed E-state index contributed by atoms with van der Waals surface area (Å²) in [6, 6.07) is 9.58. The van der Waals surface area contributed by atoms with Gasteiger partial charge in [0.2, 0.25) is 15.8 Å². The first-order valence-corrected chi connectivity index (χ1v) is 9.80. The molecule has 9 heteroatoms. The number of aryl methyl sites for hydroxylation is 1. The first-order valence-electron chi connectivity index (χ1n) is 8.31. The number of hydrogen-bond donors (Lipinski definition) is 1. The molecule has 28 heavy (non-hydrogen) atoms. The lowest BCUT2D eigenvalue weighted by atomic mass is 10.1. The predicted octanol–water partition coefficient (Wildman–Crippen LogP) is 2.10. The fourth-order valence-corrected chi connectivity index (χ4v) is 3.12. The van der Waals surface area contributed by atoms with Gasteiger partial charge in [0.1, 0.15) is 11.6 Å². The van der Waals surface area contributed by atoms with Gasteiger partial charge < -0.3 is 9.47 Å². The van der Waals surface area contributed by atoms with Crippen LogP contribution in [0.25, 0.3) is 0 Å². The summed E-state index contributed by atoms with van der Waals surface area (Å²) in [5.41, 5.74) is 0.738. The Morgan fingerprint density at radius 1 is 1.11 bits per heavy atom. The first kappa shape index (κ1) is 21.5. The van der Waals surface area contributed by atoms with Gasteiger partial charge >= 0.3 is 5.97 Å². The van der Waals surface area contributed by atoms with E-state index in [2.05, 4.69) is 4.72 Å². The summed E-state index contributed by atoms with van der Waals surface area (Å²) >= 11 is 0. The minimum absolute atomic E-state index is 0.00312. The van der Waals surface area contributed by atoms with Crippen molar-refractivity contribution in [3.05, 3.63) is 59.4 Å². The van der Waals surface area contributed by atoms with E-state index < -0.39 is 34.2 Å². The molecule has 0 aromatic heterocycles. The number of halogens is 1. The molecule has 0 radical (unpaired) electrons. The second kappa shape index (κ2) is 9.43. The standard InChI is InChI=1S/C19H20FNO6S/c1-21-28(24,25)15-7-3-13(4-8-15)5-10-19(23)27-12-17(22)16-11-14(20)6-9-18(16)26-2/h3-4,6-9,11,21H,5,10,12H2,1-2H3. The average Bonchev–Trinajstić information content (AvgIpc) is 2.70. The smallest absolute Gasteiger partial charge is 0.306 e. The molecule has 0 aliphatic rings. The Labute approximate surface area is 162 Å². The molecule has 1 N–H and O–H groups in total. The second-order valence-electron chi connectivity index (χ2n) is 5.78. The lowest BCUT2D eigenvalue weighted by Crippen LogP contribution is -2.18. The monoisotopic (exact) mass is 409 g/mol. The van der Waals surface area contributed by atoms with Crippen molar-refractivity contribution >= 4 is 21.8 Å². The lowest BCUT2D eigenvalue weighted by Gasteiger charge is -2.09. The molecular formula is C19H20FNO6S. The third-order valence-corrected chi connectivity index (χ3v) is 5.38. The van der Waals surface area contributed by atoms with Crippen molar-refractivity contribution in [2.45, 2.75) is 17.7 Å². The van der Waals surface area contributed by atoms with Crippen molar-refractivity contribution in [1.82, 2.24) is 4.72 Å². The van der Waals surface area contributed by atoms with E-state index in [1.165, 1.54) is 32.4 Å².